The Morgan fingerprint density at radius 2 is 2.07 bits per heavy atom. The molecule has 0 bridgehead atoms. The minimum atomic E-state index is 0.164. The summed E-state index contributed by atoms with van der Waals surface area (Å²) in [6, 6.07) is 2.10. The van der Waals surface area contributed by atoms with Gasteiger partial charge in [-0.15, -0.1) is 0 Å². The predicted octanol–water partition coefficient (Wildman–Crippen LogP) is 5.62. The van der Waals surface area contributed by atoms with Crippen LogP contribution in [0.3, 0.4) is 0 Å². The van der Waals surface area contributed by atoms with Gasteiger partial charge >= 0.3 is 0 Å². The maximum absolute atomic E-state index is 13.3. The summed E-state index contributed by atoms with van der Waals surface area (Å²) in [7, 11) is 0. The molecule has 1 aromatic rings. The van der Waals surface area contributed by atoms with Crippen molar-refractivity contribution in [2.75, 3.05) is 0 Å². The number of nitriles is 1. The van der Waals surface area contributed by atoms with Crippen LogP contribution >= 0.6 is 0 Å². The van der Waals surface area contributed by atoms with E-state index in [1.165, 1.54) is 51.4 Å². The van der Waals surface area contributed by atoms with Crippen molar-refractivity contribution in [1.29, 1.82) is 5.26 Å². The van der Waals surface area contributed by atoms with E-state index in [0.717, 1.165) is 36.0 Å². The molecule has 0 amide bonds. The summed E-state index contributed by atoms with van der Waals surface area (Å²) < 4.78 is 1.66. The van der Waals surface area contributed by atoms with E-state index in [1.807, 2.05) is 0 Å². The summed E-state index contributed by atoms with van der Waals surface area (Å²) in [5.41, 5.74) is 0.697. The van der Waals surface area contributed by atoms with Crippen LogP contribution in [0.4, 0.5) is 0 Å². The van der Waals surface area contributed by atoms with Gasteiger partial charge < -0.3 is 0 Å². The van der Waals surface area contributed by atoms with E-state index in [-0.39, 0.29) is 11.3 Å². The van der Waals surface area contributed by atoms with Crippen molar-refractivity contribution in [2.45, 2.75) is 85.1 Å². The van der Waals surface area contributed by atoms with Gasteiger partial charge in [0.05, 0.1) is 18.3 Å². The average Bonchev–Trinajstić information content (AvgIpc) is 3.31. The number of Topliss-reactive ketones (excluding diaryl/α,β-unsaturated/α-hetero) is 1. The van der Waals surface area contributed by atoms with Gasteiger partial charge in [0, 0.05) is 12.1 Å². The second kappa shape index (κ2) is 8.25. The Balaban J connectivity index is 1.50. The highest BCUT2D eigenvalue weighted by Gasteiger charge is 2.57. The lowest BCUT2D eigenvalue weighted by Crippen LogP contribution is -2.48. The van der Waals surface area contributed by atoms with Gasteiger partial charge in [-0.25, -0.2) is 0 Å². The highest BCUT2D eigenvalue weighted by molar-refractivity contribution is 5.82. The summed E-state index contributed by atoms with van der Waals surface area (Å²) in [5.74, 6) is 4.78. The third kappa shape index (κ3) is 3.56. The normalized spacial score (nSPS) is 38.8. The maximum Gasteiger partial charge on any atom is 0.157 e. The van der Waals surface area contributed by atoms with E-state index in [2.05, 4.69) is 31.9 Å². The van der Waals surface area contributed by atoms with E-state index < -0.39 is 0 Å². The molecule has 0 N–H and O–H groups in total. The average molecular weight is 396 g/mol. The van der Waals surface area contributed by atoms with Crippen molar-refractivity contribution in [2.24, 2.45) is 40.9 Å². The second-order valence-corrected chi connectivity index (χ2v) is 10.3. The minimum Gasteiger partial charge on any atom is -0.297 e. The van der Waals surface area contributed by atoms with Gasteiger partial charge in [-0.1, -0.05) is 40.0 Å². The van der Waals surface area contributed by atoms with Crippen LogP contribution in [0.25, 0.3) is 0 Å². The minimum absolute atomic E-state index is 0.164. The standard InChI is InChI=1S/C25H37N3O/c1-4-6-19-18(5-2)7-8-21-20(19)11-12-25(3)22(21)9-10-23(25)24(29)16-28-15-17(13-26)14-27-28/h14-15,18-23H,4-12,16H2,1-3H3/t18?,19?,20?,21?,22?,23-,25?/m1/s1. The molecule has 3 fully saturated rings. The Hall–Kier alpha value is -1.63. The molecule has 1 heterocycles. The molecule has 3 saturated carbocycles. The smallest absolute Gasteiger partial charge is 0.157 e. The lowest BCUT2D eigenvalue weighted by atomic mass is 9.50. The van der Waals surface area contributed by atoms with Crippen molar-refractivity contribution >= 4 is 5.78 Å². The molecule has 7 atom stereocenters. The van der Waals surface area contributed by atoms with Crippen LogP contribution in [0.2, 0.25) is 0 Å². The van der Waals surface area contributed by atoms with E-state index in [0.29, 0.717) is 17.9 Å². The lowest BCUT2D eigenvalue weighted by Gasteiger charge is -2.54. The molecule has 0 aromatic carbocycles. The number of carbonyl (C=O) groups is 1. The first kappa shape index (κ1) is 20.6. The summed E-state index contributed by atoms with van der Waals surface area (Å²) >= 11 is 0. The Kier molecular flexibility index (Phi) is 5.87. The number of rotatable bonds is 6. The number of ketones is 1. The summed E-state index contributed by atoms with van der Waals surface area (Å²) in [4.78, 5) is 13.3. The fourth-order valence-corrected chi connectivity index (χ4v) is 7.83. The third-order valence-electron chi connectivity index (χ3n) is 9.13. The van der Waals surface area contributed by atoms with Crippen molar-refractivity contribution in [1.82, 2.24) is 9.78 Å². The number of fused-ring (bicyclic) bond motifs is 3. The van der Waals surface area contributed by atoms with Crippen LogP contribution in [0.1, 0.15) is 84.1 Å². The molecule has 0 radical (unpaired) electrons. The van der Waals surface area contributed by atoms with Gasteiger partial charge in [0.25, 0.3) is 0 Å². The molecule has 29 heavy (non-hydrogen) atoms. The van der Waals surface area contributed by atoms with Crippen molar-refractivity contribution < 1.29 is 4.79 Å². The van der Waals surface area contributed by atoms with Gasteiger partial charge in [-0.05, 0) is 73.5 Å². The Morgan fingerprint density at radius 1 is 1.24 bits per heavy atom. The Bertz CT molecular complexity index is 777. The fraction of sp³-hybridized carbons (Fsp3) is 0.800. The van der Waals surface area contributed by atoms with Crippen LogP contribution in [-0.4, -0.2) is 15.6 Å². The molecule has 0 aliphatic heterocycles. The van der Waals surface area contributed by atoms with E-state index >= 15 is 0 Å². The van der Waals surface area contributed by atoms with E-state index in [4.69, 9.17) is 5.26 Å². The number of aromatic nitrogens is 2. The van der Waals surface area contributed by atoms with Crippen molar-refractivity contribution in [3.8, 4) is 6.07 Å². The van der Waals surface area contributed by atoms with Crippen molar-refractivity contribution in [3.05, 3.63) is 18.0 Å². The van der Waals surface area contributed by atoms with Crippen LogP contribution in [0, 0.1) is 52.3 Å². The molecule has 158 valence electrons. The quantitative estimate of drug-likeness (QED) is 0.628. The van der Waals surface area contributed by atoms with Gasteiger partial charge in [0.1, 0.15) is 6.07 Å². The number of hydrogen-bond acceptors (Lipinski definition) is 3. The zero-order valence-electron chi connectivity index (χ0n) is 18.4. The molecule has 0 spiro atoms. The zero-order valence-corrected chi connectivity index (χ0v) is 18.4. The van der Waals surface area contributed by atoms with Gasteiger partial charge in [-0.3, -0.25) is 9.48 Å². The first-order chi connectivity index (χ1) is 14.0. The highest BCUT2D eigenvalue weighted by Crippen LogP contribution is 2.63. The molecule has 4 nitrogen and oxygen atoms in total. The highest BCUT2D eigenvalue weighted by atomic mass is 16.1. The maximum atomic E-state index is 13.3. The molecule has 0 saturated heterocycles. The third-order valence-corrected chi connectivity index (χ3v) is 9.13. The summed E-state index contributed by atoms with van der Waals surface area (Å²) in [6.07, 6.45) is 14.9. The molecule has 3 aliphatic rings. The molecule has 4 heteroatoms. The first-order valence-electron chi connectivity index (χ1n) is 12.0. The molecule has 4 rings (SSSR count). The molecule has 3 aliphatic carbocycles. The molecular weight excluding hydrogens is 358 g/mol. The predicted molar refractivity (Wildman–Crippen MR) is 114 cm³/mol. The van der Waals surface area contributed by atoms with E-state index in [1.54, 1.807) is 17.1 Å². The summed E-state index contributed by atoms with van der Waals surface area (Å²) in [5, 5.41) is 13.2. The van der Waals surface area contributed by atoms with Crippen LogP contribution < -0.4 is 0 Å². The Labute approximate surface area is 176 Å². The molecule has 1 aromatic heterocycles. The monoisotopic (exact) mass is 395 g/mol. The largest absolute Gasteiger partial charge is 0.297 e. The van der Waals surface area contributed by atoms with E-state index in [9.17, 15) is 4.79 Å². The lowest BCUT2D eigenvalue weighted by molar-refractivity contribution is -0.130. The van der Waals surface area contributed by atoms with Crippen LogP contribution in [-0.2, 0) is 11.3 Å². The SMILES string of the molecule is CCCC1C(CC)CCC2C1CCC1(C)C2CC[C@@H]1C(=O)Cn1cc(C#N)cn1. The number of carbonyl (C=O) groups excluding carboxylic acids is 1. The van der Waals surface area contributed by atoms with Gasteiger partial charge in [-0.2, -0.15) is 10.4 Å². The number of nitrogens with zero attached hydrogens (tertiary/aromatic N) is 3. The van der Waals surface area contributed by atoms with Gasteiger partial charge in [0.2, 0.25) is 0 Å². The second-order valence-electron chi connectivity index (χ2n) is 10.3. The molecular formula is C25H37N3O. The zero-order chi connectivity index (χ0) is 20.6. The first-order valence-corrected chi connectivity index (χ1v) is 12.0. The molecule has 6 unspecified atom stereocenters. The van der Waals surface area contributed by atoms with Crippen LogP contribution in [0.5, 0.6) is 0 Å². The fourth-order valence-electron chi connectivity index (χ4n) is 7.83. The van der Waals surface area contributed by atoms with Crippen molar-refractivity contribution in [3.63, 3.8) is 0 Å². The van der Waals surface area contributed by atoms with Crippen LogP contribution in [0.15, 0.2) is 12.4 Å². The summed E-state index contributed by atoms with van der Waals surface area (Å²) in [6.45, 7) is 7.48. The number of hydrogen-bond donors (Lipinski definition) is 0. The topological polar surface area (TPSA) is 58.7 Å². The Morgan fingerprint density at radius 3 is 2.76 bits per heavy atom. The van der Waals surface area contributed by atoms with Gasteiger partial charge in [0.15, 0.2) is 5.78 Å².